The van der Waals surface area contributed by atoms with Crippen LogP contribution in [0, 0.1) is 12.8 Å². The average Bonchev–Trinajstić information content (AvgIpc) is 3.29. The zero-order valence-electron chi connectivity index (χ0n) is 19.6. The van der Waals surface area contributed by atoms with Crippen molar-refractivity contribution >= 4 is 28.3 Å². The van der Waals surface area contributed by atoms with Gasteiger partial charge in [0.25, 0.3) is 0 Å². The number of aliphatic hydroxyl groups is 1. The Balaban J connectivity index is 1.52. The second-order valence-corrected chi connectivity index (χ2v) is 7.67. The third-order valence-corrected chi connectivity index (χ3v) is 5.49. The van der Waals surface area contributed by atoms with Gasteiger partial charge in [0, 0.05) is 39.1 Å². The number of amides is 1. The maximum absolute atomic E-state index is 13.2. The minimum Gasteiger partial charge on any atom is -0.387 e. The van der Waals surface area contributed by atoms with Gasteiger partial charge in [-0.2, -0.15) is 5.10 Å². The van der Waals surface area contributed by atoms with E-state index in [1.165, 1.54) is 6.33 Å². The van der Waals surface area contributed by atoms with Gasteiger partial charge in [0.05, 0.1) is 23.2 Å². The van der Waals surface area contributed by atoms with Gasteiger partial charge in [0.15, 0.2) is 5.65 Å². The number of nitrogens with zero attached hydrogens (tertiary/aromatic N) is 5. The van der Waals surface area contributed by atoms with Crippen molar-refractivity contribution in [3.8, 4) is 11.1 Å². The molecule has 0 saturated heterocycles. The van der Waals surface area contributed by atoms with Crippen molar-refractivity contribution in [2.24, 2.45) is 5.92 Å². The topological polar surface area (TPSA) is 105 Å². The molecule has 3 atom stereocenters. The third kappa shape index (κ3) is 3.40. The van der Waals surface area contributed by atoms with E-state index < -0.39 is 31.0 Å². The molecule has 1 aliphatic carbocycles. The molecule has 0 spiro atoms. The quantitative estimate of drug-likeness (QED) is 0.510. The Kier molecular flexibility index (Phi) is 3.85. The minimum absolute atomic E-state index is 0.232. The summed E-state index contributed by atoms with van der Waals surface area (Å²) in [4.78, 5) is 25.0. The molecule has 5 rings (SSSR count). The first-order valence-corrected chi connectivity index (χ1v) is 9.83. The molecule has 4 aromatic heterocycles. The summed E-state index contributed by atoms with van der Waals surface area (Å²) in [7, 11) is 0. The minimum atomic E-state index is -2.27. The van der Waals surface area contributed by atoms with Gasteiger partial charge >= 0.3 is 0 Å². The maximum Gasteiger partial charge on any atom is 0.231 e. The molecule has 158 valence electrons. The molecule has 1 fully saturated rings. The van der Waals surface area contributed by atoms with Gasteiger partial charge in [-0.25, -0.2) is 18.9 Å². The highest BCUT2D eigenvalue weighted by Crippen LogP contribution is 2.35. The Hall–Kier alpha value is -3.46. The fourth-order valence-corrected chi connectivity index (χ4v) is 3.64. The van der Waals surface area contributed by atoms with Gasteiger partial charge in [0.2, 0.25) is 5.91 Å². The van der Waals surface area contributed by atoms with Gasteiger partial charge in [-0.15, -0.1) is 0 Å². The van der Waals surface area contributed by atoms with E-state index in [1.807, 2.05) is 13.0 Å². The summed E-state index contributed by atoms with van der Waals surface area (Å²) in [6, 6.07) is 5.20. The molecule has 4 aromatic rings. The van der Waals surface area contributed by atoms with Crippen LogP contribution >= 0.6 is 0 Å². The molecule has 0 bridgehead atoms. The van der Waals surface area contributed by atoms with E-state index in [0.29, 0.717) is 17.0 Å². The highest BCUT2D eigenvalue weighted by Gasteiger charge is 2.43. The molecule has 1 amide bonds. The number of rotatable bonds is 5. The third-order valence-electron chi connectivity index (χ3n) is 5.49. The molecule has 4 heterocycles. The lowest BCUT2D eigenvalue weighted by atomic mass is 10.0. The number of carbonyl (C=O) groups is 1. The van der Waals surface area contributed by atoms with Crippen LogP contribution < -0.4 is 5.32 Å². The van der Waals surface area contributed by atoms with Crippen LogP contribution in [0.5, 0.6) is 0 Å². The largest absolute Gasteiger partial charge is 0.387 e. The SMILES string of the molecule is [2H]C([2H])([2H])CC(O)c1cc(C)c(-c2cc3cnc(NC(=O)[C@H]4C[C@H]4F)cc3n3ncnc23)cn1. The summed E-state index contributed by atoms with van der Waals surface area (Å²) in [5.74, 6) is -0.720. The summed E-state index contributed by atoms with van der Waals surface area (Å²) in [5, 5.41) is 17.9. The molecule has 0 radical (unpaired) electrons. The number of aromatic nitrogens is 5. The summed E-state index contributed by atoms with van der Waals surface area (Å²) in [6.45, 7) is -0.427. The van der Waals surface area contributed by atoms with Crippen molar-refractivity contribution in [2.45, 2.75) is 38.9 Å². The van der Waals surface area contributed by atoms with E-state index in [9.17, 15) is 14.3 Å². The first-order chi connectivity index (χ1) is 16.1. The molecular formula is C22H21FN6O2. The number of anilines is 1. The van der Waals surface area contributed by atoms with E-state index in [1.54, 1.807) is 29.0 Å². The van der Waals surface area contributed by atoms with E-state index >= 15 is 0 Å². The van der Waals surface area contributed by atoms with E-state index in [2.05, 4.69) is 25.4 Å². The zero-order chi connectivity index (χ0) is 24.2. The lowest BCUT2D eigenvalue weighted by Gasteiger charge is -2.13. The Labute approximate surface area is 181 Å². The number of carbonyl (C=O) groups excluding carboxylic acids is 1. The van der Waals surface area contributed by atoms with E-state index in [4.69, 9.17) is 4.11 Å². The van der Waals surface area contributed by atoms with Crippen LogP contribution in [-0.4, -0.2) is 41.8 Å². The normalized spacial score (nSPS) is 20.8. The smallest absolute Gasteiger partial charge is 0.231 e. The number of fused-ring (bicyclic) bond motifs is 3. The number of nitrogens with one attached hydrogen (secondary N) is 1. The van der Waals surface area contributed by atoms with Crippen LogP contribution in [0.15, 0.2) is 36.9 Å². The van der Waals surface area contributed by atoms with Crippen LogP contribution in [0.1, 0.15) is 41.2 Å². The molecule has 1 aliphatic rings. The van der Waals surface area contributed by atoms with E-state index in [0.717, 1.165) is 22.1 Å². The Morgan fingerprint density at radius 1 is 1.32 bits per heavy atom. The molecule has 0 aromatic carbocycles. The molecule has 9 heteroatoms. The van der Waals surface area contributed by atoms with Gasteiger partial charge in [-0.1, -0.05) is 6.85 Å². The molecule has 31 heavy (non-hydrogen) atoms. The standard InChI is InChI=1S/C22H21FN6O2/c1-3-19(30)17-4-11(2)15(9-24-17)13-5-12-8-25-20(28-22(31)14-6-16(14)23)7-18(12)29-21(13)26-10-27-29/h4-5,7-10,14,16,19,30H,3,6H2,1-2H3,(H,25,28,31)/t14-,16+,19?/m0/s1/i1D3. The molecule has 8 nitrogen and oxygen atoms in total. The summed E-state index contributed by atoms with van der Waals surface area (Å²) in [6.07, 6.45) is 2.12. The number of aryl methyl sites for hydroxylation is 1. The molecule has 1 saturated carbocycles. The fourth-order valence-electron chi connectivity index (χ4n) is 3.64. The average molecular weight is 423 g/mol. The number of alkyl halides is 1. The number of aliphatic hydroxyl groups excluding tert-OH is 1. The first-order valence-electron chi connectivity index (χ1n) is 11.3. The van der Waals surface area contributed by atoms with Crippen molar-refractivity contribution in [2.75, 3.05) is 5.32 Å². The van der Waals surface area contributed by atoms with Crippen LogP contribution in [0.25, 0.3) is 27.7 Å². The lowest BCUT2D eigenvalue weighted by Crippen LogP contribution is -2.16. The highest BCUT2D eigenvalue weighted by atomic mass is 19.1. The van der Waals surface area contributed by atoms with Crippen molar-refractivity contribution in [3.05, 3.63) is 48.2 Å². The van der Waals surface area contributed by atoms with Gasteiger partial charge in [-0.3, -0.25) is 9.78 Å². The van der Waals surface area contributed by atoms with Crippen LogP contribution in [0.2, 0.25) is 0 Å². The fraction of sp³-hybridized carbons (Fsp3) is 0.318. The second kappa shape index (κ2) is 7.35. The molecular weight excluding hydrogens is 399 g/mol. The summed E-state index contributed by atoms with van der Waals surface area (Å²) < 4.78 is 36.9. The Bertz CT molecular complexity index is 1420. The monoisotopic (exact) mass is 423 g/mol. The highest BCUT2D eigenvalue weighted by molar-refractivity contribution is 5.97. The van der Waals surface area contributed by atoms with Gasteiger partial charge < -0.3 is 10.4 Å². The van der Waals surface area contributed by atoms with Crippen molar-refractivity contribution in [3.63, 3.8) is 0 Å². The number of halogens is 1. The summed E-state index contributed by atoms with van der Waals surface area (Å²) >= 11 is 0. The van der Waals surface area contributed by atoms with Crippen LogP contribution in [-0.2, 0) is 4.79 Å². The number of hydrogen-bond donors (Lipinski definition) is 2. The predicted octanol–water partition coefficient (Wildman–Crippen LogP) is 3.39. The predicted molar refractivity (Wildman–Crippen MR) is 113 cm³/mol. The molecule has 0 aliphatic heterocycles. The lowest BCUT2D eigenvalue weighted by molar-refractivity contribution is -0.117. The summed E-state index contributed by atoms with van der Waals surface area (Å²) in [5.41, 5.74) is 3.73. The second-order valence-electron chi connectivity index (χ2n) is 7.67. The number of hydrogen-bond acceptors (Lipinski definition) is 6. The van der Waals surface area contributed by atoms with Gasteiger partial charge in [-0.05, 0) is 37.5 Å². The molecule has 2 N–H and O–H groups in total. The first kappa shape index (κ1) is 16.3. The Morgan fingerprint density at radius 3 is 2.90 bits per heavy atom. The van der Waals surface area contributed by atoms with Crippen molar-refractivity contribution in [1.82, 2.24) is 24.6 Å². The molecule has 1 unspecified atom stereocenters. The van der Waals surface area contributed by atoms with Gasteiger partial charge in [0.1, 0.15) is 18.3 Å². The van der Waals surface area contributed by atoms with E-state index in [-0.39, 0.29) is 18.5 Å². The zero-order valence-corrected chi connectivity index (χ0v) is 16.6. The van der Waals surface area contributed by atoms with Crippen molar-refractivity contribution in [1.29, 1.82) is 0 Å². The van der Waals surface area contributed by atoms with Crippen molar-refractivity contribution < 1.29 is 18.4 Å². The Morgan fingerprint density at radius 2 is 2.16 bits per heavy atom. The number of pyridine rings is 3. The maximum atomic E-state index is 13.2. The van der Waals surface area contributed by atoms with Crippen LogP contribution in [0.4, 0.5) is 10.2 Å². The van der Waals surface area contributed by atoms with Crippen LogP contribution in [0.3, 0.4) is 0 Å².